The van der Waals surface area contributed by atoms with Crippen LogP contribution in [0.3, 0.4) is 0 Å². The largest absolute Gasteiger partial charge is 0.374 e. The monoisotopic (exact) mass is 331 g/mol. The van der Waals surface area contributed by atoms with Crippen molar-refractivity contribution < 1.29 is 9.53 Å². The van der Waals surface area contributed by atoms with Crippen LogP contribution in [0.2, 0.25) is 0 Å². The van der Waals surface area contributed by atoms with Crippen LogP contribution in [0.5, 0.6) is 0 Å². The van der Waals surface area contributed by atoms with Crippen LogP contribution >= 0.6 is 11.3 Å². The molecule has 0 unspecified atom stereocenters. The lowest BCUT2D eigenvalue weighted by molar-refractivity contribution is 0.0457. The van der Waals surface area contributed by atoms with E-state index in [2.05, 4.69) is 10.3 Å². The molecule has 3 rings (SSSR count). The highest BCUT2D eigenvalue weighted by Crippen LogP contribution is 2.22. The first-order valence-electron chi connectivity index (χ1n) is 7.91. The summed E-state index contributed by atoms with van der Waals surface area (Å²) in [6.07, 6.45) is 5.31. The Morgan fingerprint density at radius 3 is 2.70 bits per heavy atom. The van der Waals surface area contributed by atoms with Gasteiger partial charge in [-0.05, 0) is 30.5 Å². The van der Waals surface area contributed by atoms with Crippen LogP contribution in [0.1, 0.15) is 46.7 Å². The van der Waals surface area contributed by atoms with Gasteiger partial charge in [0.2, 0.25) is 0 Å². The third-order valence-electron chi connectivity index (χ3n) is 3.96. The number of rotatable bonds is 6. The van der Waals surface area contributed by atoms with Gasteiger partial charge in [0.25, 0.3) is 5.91 Å². The van der Waals surface area contributed by atoms with E-state index in [4.69, 9.17) is 10.5 Å². The molecule has 1 aliphatic carbocycles. The number of nitrogens with one attached hydrogen (secondary N) is 1. The number of thiazole rings is 1. The van der Waals surface area contributed by atoms with Crippen LogP contribution in [-0.4, -0.2) is 17.0 Å². The van der Waals surface area contributed by atoms with E-state index in [1.165, 1.54) is 37.0 Å². The smallest absolute Gasteiger partial charge is 0.275 e. The Morgan fingerprint density at radius 1 is 1.30 bits per heavy atom. The lowest BCUT2D eigenvalue weighted by atomic mass is 10.2. The minimum atomic E-state index is -0.212. The van der Waals surface area contributed by atoms with E-state index in [1.54, 1.807) is 5.38 Å². The molecule has 1 aromatic carbocycles. The van der Waals surface area contributed by atoms with Crippen LogP contribution in [0, 0.1) is 0 Å². The van der Waals surface area contributed by atoms with Crippen molar-refractivity contribution in [1.29, 1.82) is 0 Å². The molecule has 1 aliphatic rings. The van der Waals surface area contributed by atoms with Gasteiger partial charge in [-0.25, -0.2) is 4.98 Å². The topological polar surface area (TPSA) is 77.2 Å². The normalized spacial score (nSPS) is 15.0. The van der Waals surface area contributed by atoms with E-state index in [1.807, 2.05) is 24.3 Å². The molecular formula is C17H21N3O2S. The van der Waals surface area contributed by atoms with Gasteiger partial charge in [0.1, 0.15) is 10.7 Å². The molecule has 1 heterocycles. The standard InChI is InChI=1S/C17H21N3O2S/c18-9-16-20-15(11-23-16)17(21)19-13-7-5-12(6-8-13)10-22-14-3-1-2-4-14/h5-8,11,14H,1-4,9-10,18H2,(H,19,21). The Morgan fingerprint density at radius 2 is 2.04 bits per heavy atom. The maximum absolute atomic E-state index is 12.1. The number of ether oxygens (including phenoxy) is 1. The van der Waals surface area contributed by atoms with E-state index >= 15 is 0 Å². The van der Waals surface area contributed by atoms with Crippen LogP contribution < -0.4 is 11.1 Å². The molecular weight excluding hydrogens is 310 g/mol. The molecule has 1 fully saturated rings. The van der Waals surface area contributed by atoms with Crippen molar-refractivity contribution in [2.75, 3.05) is 5.32 Å². The second-order valence-electron chi connectivity index (χ2n) is 5.70. The summed E-state index contributed by atoms with van der Waals surface area (Å²) >= 11 is 1.40. The number of benzene rings is 1. The Labute approximate surface area is 139 Å². The number of aromatic nitrogens is 1. The second-order valence-corrected chi connectivity index (χ2v) is 6.64. The molecule has 1 aromatic heterocycles. The third kappa shape index (κ3) is 4.37. The van der Waals surface area contributed by atoms with Gasteiger partial charge in [0, 0.05) is 17.6 Å². The summed E-state index contributed by atoms with van der Waals surface area (Å²) in [6, 6.07) is 7.75. The van der Waals surface area contributed by atoms with Crippen LogP contribution in [0.15, 0.2) is 29.6 Å². The van der Waals surface area contributed by atoms with Crippen molar-refractivity contribution in [1.82, 2.24) is 4.98 Å². The summed E-state index contributed by atoms with van der Waals surface area (Å²) < 4.78 is 5.89. The number of nitrogens with zero attached hydrogens (tertiary/aromatic N) is 1. The Hall–Kier alpha value is -1.76. The first-order valence-corrected chi connectivity index (χ1v) is 8.79. The zero-order valence-corrected chi connectivity index (χ0v) is 13.8. The number of hydrogen-bond donors (Lipinski definition) is 2. The molecule has 0 saturated heterocycles. The summed E-state index contributed by atoms with van der Waals surface area (Å²) in [7, 11) is 0. The highest BCUT2D eigenvalue weighted by Gasteiger charge is 2.15. The average Bonchev–Trinajstić information content (AvgIpc) is 3.25. The lowest BCUT2D eigenvalue weighted by Crippen LogP contribution is -2.13. The Balaban J connectivity index is 1.53. The van der Waals surface area contributed by atoms with E-state index in [-0.39, 0.29) is 5.91 Å². The van der Waals surface area contributed by atoms with Crippen LogP contribution in [-0.2, 0) is 17.9 Å². The van der Waals surface area contributed by atoms with Gasteiger partial charge in [0.15, 0.2) is 0 Å². The fourth-order valence-corrected chi connectivity index (χ4v) is 3.31. The Bertz CT molecular complexity index is 648. The minimum absolute atomic E-state index is 0.212. The van der Waals surface area contributed by atoms with Gasteiger partial charge in [-0.15, -0.1) is 11.3 Å². The molecule has 23 heavy (non-hydrogen) atoms. The van der Waals surface area contributed by atoms with Gasteiger partial charge in [-0.2, -0.15) is 0 Å². The SMILES string of the molecule is NCc1nc(C(=O)Nc2ccc(COC3CCCC3)cc2)cs1. The number of nitrogens with two attached hydrogens (primary N) is 1. The van der Waals surface area contributed by atoms with E-state index in [9.17, 15) is 4.79 Å². The fraction of sp³-hybridized carbons (Fsp3) is 0.412. The maximum atomic E-state index is 12.1. The summed E-state index contributed by atoms with van der Waals surface area (Å²) in [5.74, 6) is -0.212. The molecule has 0 spiro atoms. The van der Waals surface area contributed by atoms with Crippen molar-refractivity contribution in [3.63, 3.8) is 0 Å². The summed E-state index contributed by atoms with van der Waals surface area (Å²) in [5.41, 5.74) is 7.79. The summed E-state index contributed by atoms with van der Waals surface area (Å²) in [5, 5.41) is 5.33. The zero-order valence-electron chi connectivity index (χ0n) is 13.0. The Kier molecular flexibility index (Phi) is 5.38. The zero-order chi connectivity index (χ0) is 16.1. The molecule has 5 nitrogen and oxygen atoms in total. The predicted octanol–water partition coefficient (Wildman–Crippen LogP) is 3.31. The molecule has 1 amide bonds. The van der Waals surface area contributed by atoms with Crippen molar-refractivity contribution in [3.8, 4) is 0 Å². The highest BCUT2D eigenvalue weighted by molar-refractivity contribution is 7.09. The quantitative estimate of drug-likeness (QED) is 0.851. The number of carbonyl (C=O) groups is 1. The van der Waals surface area contributed by atoms with E-state index in [0.717, 1.165) is 16.3 Å². The maximum Gasteiger partial charge on any atom is 0.275 e. The van der Waals surface area contributed by atoms with Crippen molar-refractivity contribution in [3.05, 3.63) is 45.9 Å². The predicted molar refractivity (Wildman–Crippen MR) is 91.4 cm³/mol. The molecule has 122 valence electrons. The fourth-order valence-electron chi connectivity index (χ4n) is 2.66. The van der Waals surface area contributed by atoms with Crippen LogP contribution in [0.4, 0.5) is 5.69 Å². The molecule has 0 aliphatic heterocycles. The molecule has 6 heteroatoms. The van der Waals surface area contributed by atoms with Gasteiger partial charge in [-0.1, -0.05) is 25.0 Å². The average molecular weight is 331 g/mol. The first kappa shape index (κ1) is 16.1. The molecule has 0 radical (unpaired) electrons. The number of carbonyl (C=O) groups excluding carboxylic acids is 1. The van der Waals surface area contributed by atoms with Gasteiger partial charge in [0.05, 0.1) is 12.7 Å². The van der Waals surface area contributed by atoms with Gasteiger partial charge < -0.3 is 15.8 Å². The lowest BCUT2D eigenvalue weighted by Gasteiger charge is -2.11. The number of hydrogen-bond acceptors (Lipinski definition) is 5. The highest BCUT2D eigenvalue weighted by atomic mass is 32.1. The van der Waals surface area contributed by atoms with E-state index in [0.29, 0.717) is 24.9 Å². The first-order chi connectivity index (χ1) is 11.2. The molecule has 0 bridgehead atoms. The van der Waals surface area contributed by atoms with E-state index < -0.39 is 0 Å². The van der Waals surface area contributed by atoms with Gasteiger partial charge in [-0.3, -0.25) is 4.79 Å². The second kappa shape index (κ2) is 7.68. The molecule has 2 aromatic rings. The number of anilines is 1. The summed E-state index contributed by atoms with van der Waals surface area (Å²) in [6.45, 7) is 0.985. The number of amides is 1. The third-order valence-corrected chi connectivity index (χ3v) is 4.83. The molecule has 0 atom stereocenters. The van der Waals surface area contributed by atoms with Crippen molar-refractivity contribution >= 4 is 22.9 Å². The van der Waals surface area contributed by atoms with Crippen molar-refractivity contribution in [2.45, 2.75) is 44.9 Å². The van der Waals surface area contributed by atoms with Crippen LogP contribution in [0.25, 0.3) is 0 Å². The van der Waals surface area contributed by atoms with Crippen molar-refractivity contribution in [2.24, 2.45) is 5.73 Å². The summed E-state index contributed by atoms with van der Waals surface area (Å²) in [4.78, 5) is 16.3. The molecule has 1 saturated carbocycles. The molecule has 3 N–H and O–H groups in total. The minimum Gasteiger partial charge on any atom is -0.374 e. The van der Waals surface area contributed by atoms with Gasteiger partial charge >= 0.3 is 0 Å².